The highest BCUT2D eigenvalue weighted by Crippen LogP contribution is 2.32. The van der Waals surface area contributed by atoms with Gasteiger partial charge in [-0.3, -0.25) is 14.3 Å². The third-order valence-corrected chi connectivity index (χ3v) is 7.04. The van der Waals surface area contributed by atoms with Gasteiger partial charge in [0.05, 0.1) is 0 Å². The van der Waals surface area contributed by atoms with Crippen molar-refractivity contribution in [1.29, 1.82) is 0 Å². The van der Waals surface area contributed by atoms with Crippen molar-refractivity contribution in [2.75, 3.05) is 39.8 Å². The van der Waals surface area contributed by atoms with Crippen molar-refractivity contribution >= 4 is 35.6 Å². The number of piperazine rings is 1. The summed E-state index contributed by atoms with van der Waals surface area (Å²) in [5.41, 5.74) is 0.899. The van der Waals surface area contributed by atoms with Gasteiger partial charge >= 0.3 is 0 Å². The normalized spacial score (nSPS) is 23.2. The van der Waals surface area contributed by atoms with E-state index < -0.39 is 0 Å². The summed E-state index contributed by atoms with van der Waals surface area (Å²) in [7, 11) is 1.88. The molecule has 0 unspecified atom stereocenters. The maximum Gasteiger partial charge on any atom is 0.193 e. The topological polar surface area (TPSA) is 61.1 Å². The molecule has 0 spiro atoms. The van der Waals surface area contributed by atoms with Crippen LogP contribution in [0.15, 0.2) is 29.4 Å². The third kappa shape index (κ3) is 5.88. The molecule has 0 bridgehead atoms. The van der Waals surface area contributed by atoms with Gasteiger partial charge in [0, 0.05) is 58.4 Å². The Balaban J connectivity index is 0.00000272. The Labute approximate surface area is 203 Å². The molecule has 8 heteroatoms. The average molecular weight is 540 g/mol. The number of hydrogen-bond acceptors (Lipinski definition) is 4. The van der Waals surface area contributed by atoms with Crippen LogP contribution in [0.2, 0.25) is 0 Å². The first-order valence-electron chi connectivity index (χ1n) is 11.6. The standard InChI is InChI=1S/C23H37N7.HI/c1-18(2)19-7-9-20(10-8-19)28-14-16-29(17-15-28)23(24-3)25-12-11-22-27-26-21-6-4-5-13-30(21)22;/h4-6,13,18-20H,7-12,14-17H2,1-3H3,(H,24,25);1H. The molecule has 1 aliphatic carbocycles. The van der Waals surface area contributed by atoms with Gasteiger partial charge in [0.2, 0.25) is 0 Å². The van der Waals surface area contributed by atoms with E-state index in [-0.39, 0.29) is 24.0 Å². The fraction of sp³-hybridized carbons (Fsp3) is 0.696. The molecule has 7 nitrogen and oxygen atoms in total. The number of rotatable bonds is 5. The summed E-state index contributed by atoms with van der Waals surface area (Å²) in [4.78, 5) is 9.66. The van der Waals surface area contributed by atoms with Crippen molar-refractivity contribution in [1.82, 2.24) is 29.7 Å². The number of nitrogens with one attached hydrogen (secondary N) is 1. The van der Waals surface area contributed by atoms with Crippen LogP contribution in [0.1, 0.15) is 45.4 Å². The van der Waals surface area contributed by atoms with Crippen LogP contribution in [0.3, 0.4) is 0 Å². The average Bonchev–Trinajstić information content (AvgIpc) is 3.20. The van der Waals surface area contributed by atoms with Gasteiger partial charge < -0.3 is 10.2 Å². The first-order chi connectivity index (χ1) is 14.7. The van der Waals surface area contributed by atoms with Crippen molar-refractivity contribution in [3.63, 3.8) is 0 Å². The van der Waals surface area contributed by atoms with Crippen LogP contribution in [0.5, 0.6) is 0 Å². The first-order valence-corrected chi connectivity index (χ1v) is 11.6. The van der Waals surface area contributed by atoms with E-state index in [9.17, 15) is 0 Å². The number of fused-ring (bicyclic) bond motifs is 1. The molecule has 172 valence electrons. The van der Waals surface area contributed by atoms with E-state index in [1.165, 1.54) is 25.7 Å². The molecular weight excluding hydrogens is 501 g/mol. The molecule has 2 aromatic rings. The van der Waals surface area contributed by atoms with Crippen molar-refractivity contribution in [2.24, 2.45) is 16.8 Å². The van der Waals surface area contributed by atoms with Crippen LogP contribution >= 0.6 is 24.0 Å². The molecule has 1 N–H and O–H groups in total. The molecule has 1 saturated heterocycles. The molecule has 4 rings (SSSR count). The van der Waals surface area contributed by atoms with Gasteiger partial charge in [-0.25, -0.2) is 0 Å². The molecule has 2 aliphatic rings. The smallest absolute Gasteiger partial charge is 0.193 e. The lowest BCUT2D eigenvalue weighted by atomic mass is 9.79. The van der Waals surface area contributed by atoms with Gasteiger partial charge in [-0.05, 0) is 49.7 Å². The highest BCUT2D eigenvalue weighted by atomic mass is 127. The number of nitrogens with zero attached hydrogens (tertiary/aromatic N) is 6. The predicted octanol–water partition coefficient (Wildman–Crippen LogP) is 3.30. The lowest BCUT2D eigenvalue weighted by molar-refractivity contribution is 0.0864. The Bertz CT molecular complexity index is 833. The van der Waals surface area contributed by atoms with Crippen molar-refractivity contribution in [2.45, 2.75) is 52.0 Å². The molecule has 0 atom stereocenters. The van der Waals surface area contributed by atoms with Gasteiger partial charge in [0.15, 0.2) is 11.6 Å². The van der Waals surface area contributed by atoms with Gasteiger partial charge in [-0.1, -0.05) is 19.9 Å². The Morgan fingerprint density at radius 2 is 1.84 bits per heavy atom. The second-order valence-corrected chi connectivity index (χ2v) is 9.10. The highest BCUT2D eigenvalue weighted by molar-refractivity contribution is 14.0. The minimum atomic E-state index is 0. The van der Waals surface area contributed by atoms with E-state index in [4.69, 9.17) is 0 Å². The second-order valence-electron chi connectivity index (χ2n) is 9.10. The second kappa shape index (κ2) is 11.4. The van der Waals surface area contributed by atoms with Crippen LogP contribution in [0.25, 0.3) is 5.65 Å². The SMILES string of the molecule is CN=C(NCCc1nnc2ccccn12)N1CCN(C2CCC(C(C)C)CC2)CC1.I. The lowest BCUT2D eigenvalue weighted by Crippen LogP contribution is -2.55. The summed E-state index contributed by atoms with van der Waals surface area (Å²) in [5, 5.41) is 12.1. The van der Waals surface area contributed by atoms with E-state index >= 15 is 0 Å². The van der Waals surface area contributed by atoms with Gasteiger partial charge in [0.1, 0.15) is 5.82 Å². The van der Waals surface area contributed by atoms with Crippen molar-refractivity contribution in [3.05, 3.63) is 30.2 Å². The molecule has 0 radical (unpaired) electrons. The number of guanidine groups is 1. The maximum absolute atomic E-state index is 4.53. The summed E-state index contributed by atoms with van der Waals surface area (Å²) in [6.45, 7) is 9.97. The molecule has 1 aliphatic heterocycles. The molecule has 3 heterocycles. The number of pyridine rings is 1. The van der Waals surface area contributed by atoms with Crippen LogP contribution in [-0.2, 0) is 6.42 Å². The van der Waals surface area contributed by atoms with Crippen molar-refractivity contribution in [3.8, 4) is 0 Å². The van der Waals surface area contributed by atoms with Crippen LogP contribution in [-0.4, -0.2) is 76.2 Å². The van der Waals surface area contributed by atoms with Gasteiger partial charge in [-0.2, -0.15) is 0 Å². The van der Waals surface area contributed by atoms with Crippen molar-refractivity contribution < 1.29 is 0 Å². The van der Waals surface area contributed by atoms with Gasteiger partial charge in [-0.15, -0.1) is 34.2 Å². The van der Waals surface area contributed by atoms with E-state index in [2.05, 4.69) is 48.6 Å². The van der Waals surface area contributed by atoms with Crippen LogP contribution in [0, 0.1) is 11.8 Å². The zero-order chi connectivity index (χ0) is 20.9. The summed E-state index contributed by atoms with van der Waals surface area (Å²) in [5.74, 6) is 3.77. The summed E-state index contributed by atoms with van der Waals surface area (Å²) >= 11 is 0. The molecule has 2 fully saturated rings. The van der Waals surface area contributed by atoms with Crippen LogP contribution in [0.4, 0.5) is 0 Å². The maximum atomic E-state index is 4.53. The first kappa shape index (κ1) is 24.2. The van der Waals surface area contributed by atoms with E-state index in [0.717, 1.165) is 74.5 Å². The predicted molar refractivity (Wildman–Crippen MR) is 137 cm³/mol. The number of aromatic nitrogens is 3. The summed E-state index contributed by atoms with van der Waals surface area (Å²) in [6.07, 6.45) is 8.41. The van der Waals surface area contributed by atoms with E-state index in [0.29, 0.717) is 0 Å². The highest BCUT2D eigenvalue weighted by Gasteiger charge is 2.29. The Morgan fingerprint density at radius 1 is 1.10 bits per heavy atom. The minimum Gasteiger partial charge on any atom is -0.356 e. The number of hydrogen-bond donors (Lipinski definition) is 1. The number of aliphatic imine (C=N–C) groups is 1. The monoisotopic (exact) mass is 539 g/mol. The minimum absolute atomic E-state index is 0. The summed E-state index contributed by atoms with van der Waals surface area (Å²) < 4.78 is 2.05. The largest absolute Gasteiger partial charge is 0.356 e. The molecule has 1 saturated carbocycles. The lowest BCUT2D eigenvalue weighted by Gasteiger charge is -2.43. The fourth-order valence-corrected chi connectivity index (χ4v) is 5.11. The zero-order valence-electron chi connectivity index (χ0n) is 19.2. The molecule has 2 aromatic heterocycles. The Kier molecular flexibility index (Phi) is 8.95. The van der Waals surface area contributed by atoms with Crippen LogP contribution < -0.4 is 5.32 Å². The van der Waals surface area contributed by atoms with E-state index in [1.807, 2.05) is 31.4 Å². The zero-order valence-corrected chi connectivity index (χ0v) is 21.5. The number of halogens is 1. The summed E-state index contributed by atoms with van der Waals surface area (Å²) in [6, 6.07) is 6.78. The third-order valence-electron chi connectivity index (χ3n) is 7.04. The molecule has 0 amide bonds. The van der Waals surface area contributed by atoms with Gasteiger partial charge in [0.25, 0.3) is 0 Å². The Morgan fingerprint density at radius 3 is 2.52 bits per heavy atom. The fourth-order valence-electron chi connectivity index (χ4n) is 5.11. The quantitative estimate of drug-likeness (QED) is 0.359. The molecular formula is C23H38IN7. The van der Waals surface area contributed by atoms with E-state index in [1.54, 1.807) is 0 Å². The molecule has 0 aromatic carbocycles. The molecule has 31 heavy (non-hydrogen) atoms. The Hall–Kier alpha value is -1.42.